The van der Waals surface area contributed by atoms with Gasteiger partial charge in [-0.1, -0.05) is 37.3 Å². The third kappa shape index (κ3) is 4.28. The maximum absolute atomic E-state index is 12.1. The number of rotatable bonds is 5. The highest BCUT2D eigenvalue weighted by atomic mass is 32.2. The van der Waals surface area contributed by atoms with Gasteiger partial charge in [-0.05, 0) is 80.5 Å². The second-order valence-electron chi connectivity index (χ2n) is 12.2. The number of carbonyl (C=O) groups is 1. The molecular weight excluding hydrogens is 508 g/mol. The van der Waals surface area contributed by atoms with Crippen molar-refractivity contribution >= 4 is 28.8 Å². The summed E-state index contributed by atoms with van der Waals surface area (Å²) < 4.78 is 16.8. The van der Waals surface area contributed by atoms with E-state index >= 15 is 0 Å². The van der Waals surface area contributed by atoms with Crippen LogP contribution in [0, 0.1) is 0 Å². The van der Waals surface area contributed by atoms with Gasteiger partial charge in [0.25, 0.3) is 0 Å². The standard InChI is InChI=1S/C32H38N2O4S/c1-19-16-33(17-20(2)38-19)39-32-15-27(32)26-14-23(37-3)10-12-24(26)30-29(21-7-5-4-6-8-21)25-11-9-22(31(35)36)13-28(25)34(30)18-32/h9-14,19-21,27H,4-8,15-18H2,1-3H3,(H,35,36)/t19-,20+,27?,32?. The van der Waals surface area contributed by atoms with Crippen LogP contribution in [0.25, 0.3) is 22.2 Å². The molecule has 0 bridgehead atoms. The van der Waals surface area contributed by atoms with E-state index in [4.69, 9.17) is 9.47 Å². The molecule has 2 aliphatic carbocycles. The summed E-state index contributed by atoms with van der Waals surface area (Å²) in [4.78, 5) is 12.1. The topological polar surface area (TPSA) is 63.9 Å². The fraction of sp³-hybridized carbons (Fsp3) is 0.531. The summed E-state index contributed by atoms with van der Waals surface area (Å²) in [5.74, 6) is 0.972. The van der Waals surface area contributed by atoms with E-state index in [0.29, 0.717) is 17.4 Å². The minimum atomic E-state index is -0.866. The average molecular weight is 547 g/mol. The summed E-state index contributed by atoms with van der Waals surface area (Å²) in [5.41, 5.74) is 6.87. The number of nitrogens with zero attached hydrogens (tertiary/aromatic N) is 2. The number of carboxylic acids is 1. The normalized spacial score (nSPS) is 28.8. The van der Waals surface area contributed by atoms with Gasteiger partial charge in [-0.2, -0.15) is 0 Å². The van der Waals surface area contributed by atoms with Gasteiger partial charge in [-0.15, -0.1) is 0 Å². The number of hydrogen-bond acceptors (Lipinski definition) is 5. The fourth-order valence-corrected chi connectivity index (χ4v) is 9.42. The van der Waals surface area contributed by atoms with Crippen LogP contribution in [0.2, 0.25) is 0 Å². The number of morpholine rings is 1. The van der Waals surface area contributed by atoms with Crippen LogP contribution in [-0.2, 0) is 11.3 Å². The number of benzene rings is 2. The maximum atomic E-state index is 12.1. The molecule has 7 heteroatoms. The van der Waals surface area contributed by atoms with Crippen LogP contribution in [0.4, 0.5) is 0 Å². The van der Waals surface area contributed by atoms with Crippen molar-refractivity contribution in [3.63, 3.8) is 0 Å². The van der Waals surface area contributed by atoms with Crippen LogP contribution >= 0.6 is 11.9 Å². The van der Waals surface area contributed by atoms with Crippen molar-refractivity contribution in [3.8, 4) is 17.0 Å². The Labute approximate surface area is 234 Å². The van der Waals surface area contributed by atoms with Gasteiger partial charge in [0.05, 0.1) is 35.3 Å². The van der Waals surface area contributed by atoms with Crippen LogP contribution in [0.1, 0.15) is 85.7 Å². The molecule has 1 aromatic heterocycles. The van der Waals surface area contributed by atoms with Gasteiger partial charge in [0, 0.05) is 42.0 Å². The van der Waals surface area contributed by atoms with Crippen LogP contribution in [0.3, 0.4) is 0 Å². The molecule has 39 heavy (non-hydrogen) atoms. The van der Waals surface area contributed by atoms with Gasteiger partial charge in [0.1, 0.15) is 5.75 Å². The summed E-state index contributed by atoms with van der Waals surface area (Å²) in [6, 6.07) is 12.4. The maximum Gasteiger partial charge on any atom is 0.335 e. The van der Waals surface area contributed by atoms with E-state index in [2.05, 4.69) is 47.0 Å². The van der Waals surface area contributed by atoms with Crippen LogP contribution in [0.5, 0.6) is 5.75 Å². The predicted molar refractivity (Wildman–Crippen MR) is 156 cm³/mol. The van der Waals surface area contributed by atoms with E-state index < -0.39 is 5.97 Å². The zero-order chi connectivity index (χ0) is 26.9. The predicted octanol–water partition coefficient (Wildman–Crippen LogP) is 7.06. The zero-order valence-electron chi connectivity index (χ0n) is 23.1. The smallest absolute Gasteiger partial charge is 0.335 e. The Kier molecular flexibility index (Phi) is 6.25. The monoisotopic (exact) mass is 546 g/mol. The summed E-state index contributed by atoms with van der Waals surface area (Å²) in [7, 11) is 1.75. The third-order valence-corrected chi connectivity index (χ3v) is 10.9. The molecule has 2 aromatic carbocycles. The second-order valence-corrected chi connectivity index (χ2v) is 13.7. The minimum Gasteiger partial charge on any atom is -0.497 e. The lowest BCUT2D eigenvalue weighted by molar-refractivity contribution is -0.0416. The van der Waals surface area contributed by atoms with E-state index in [9.17, 15) is 9.90 Å². The lowest BCUT2D eigenvalue weighted by atomic mass is 9.81. The molecule has 206 valence electrons. The highest BCUT2D eigenvalue weighted by Crippen LogP contribution is 2.66. The Morgan fingerprint density at radius 3 is 2.56 bits per heavy atom. The molecule has 0 amide bonds. The van der Waals surface area contributed by atoms with Gasteiger partial charge in [0.15, 0.2) is 0 Å². The van der Waals surface area contributed by atoms with E-state index in [1.807, 2.05) is 18.0 Å². The van der Waals surface area contributed by atoms with Crippen molar-refractivity contribution < 1.29 is 19.4 Å². The van der Waals surface area contributed by atoms with Crippen molar-refractivity contribution in [2.45, 2.75) is 87.7 Å². The first-order valence-corrected chi connectivity index (χ1v) is 15.3. The zero-order valence-corrected chi connectivity index (χ0v) is 23.9. The third-order valence-electron chi connectivity index (χ3n) is 9.40. The van der Waals surface area contributed by atoms with Crippen LogP contribution in [-0.4, -0.2) is 57.1 Å². The van der Waals surface area contributed by atoms with Crippen molar-refractivity contribution in [2.24, 2.45) is 0 Å². The Morgan fingerprint density at radius 1 is 1.08 bits per heavy atom. The average Bonchev–Trinajstić information content (AvgIpc) is 3.55. The molecule has 3 fully saturated rings. The number of hydrogen-bond donors (Lipinski definition) is 1. The number of aromatic nitrogens is 1. The molecule has 0 spiro atoms. The Hall–Kier alpha value is -2.48. The van der Waals surface area contributed by atoms with Crippen LogP contribution < -0.4 is 4.74 Å². The Bertz CT molecular complexity index is 1430. The number of carboxylic acid groups (broad SMARTS) is 1. The number of aromatic carboxylic acids is 1. The first-order valence-electron chi connectivity index (χ1n) is 14.5. The van der Waals surface area contributed by atoms with E-state index in [1.165, 1.54) is 59.9 Å². The molecule has 2 aliphatic heterocycles. The number of fused-ring (bicyclic) bond motifs is 7. The van der Waals surface area contributed by atoms with Crippen molar-refractivity contribution in [1.29, 1.82) is 0 Å². The highest BCUT2D eigenvalue weighted by molar-refractivity contribution is 7.98. The molecule has 3 aromatic rings. The summed E-state index contributed by atoms with van der Waals surface area (Å²) in [6.45, 7) is 7.05. The van der Waals surface area contributed by atoms with Gasteiger partial charge in [0.2, 0.25) is 0 Å². The lowest BCUT2D eigenvalue weighted by Gasteiger charge is -2.36. The van der Waals surface area contributed by atoms with Gasteiger partial charge >= 0.3 is 5.97 Å². The largest absolute Gasteiger partial charge is 0.497 e. The van der Waals surface area contributed by atoms with Crippen molar-refractivity contribution in [1.82, 2.24) is 8.87 Å². The van der Waals surface area contributed by atoms with E-state index in [0.717, 1.165) is 37.3 Å². The fourth-order valence-electron chi connectivity index (χ4n) is 7.65. The molecule has 6 nitrogen and oxygen atoms in total. The van der Waals surface area contributed by atoms with Crippen LogP contribution in [0.15, 0.2) is 36.4 Å². The first kappa shape index (κ1) is 25.5. The Balaban J connectivity index is 1.44. The van der Waals surface area contributed by atoms with Gasteiger partial charge in [-0.3, -0.25) is 0 Å². The second kappa shape index (κ2) is 9.57. The molecule has 2 saturated carbocycles. The van der Waals surface area contributed by atoms with Gasteiger partial charge < -0.3 is 19.1 Å². The SMILES string of the molecule is COc1ccc2c(c1)C1CC1(SN1C[C@@H](C)O[C@@H](C)C1)Cn1c-2c(C2CCCCC2)c2ccc(C(=O)O)cc21. The summed E-state index contributed by atoms with van der Waals surface area (Å²) in [6.07, 6.45) is 7.76. The van der Waals surface area contributed by atoms with E-state index in [1.54, 1.807) is 13.2 Å². The lowest BCUT2D eigenvalue weighted by Crippen LogP contribution is -2.43. The molecule has 7 rings (SSSR count). The minimum absolute atomic E-state index is 0.0260. The quantitative estimate of drug-likeness (QED) is 0.346. The van der Waals surface area contributed by atoms with Crippen molar-refractivity contribution in [3.05, 3.63) is 53.1 Å². The first-order chi connectivity index (χ1) is 18.9. The molecule has 4 aliphatic rings. The van der Waals surface area contributed by atoms with Crippen molar-refractivity contribution in [2.75, 3.05) is 20.2 Å². The molecule has 2 unspecified atom stereocenters. The molecule has 1 saturated heterocycles. The highest BCUT2D eigenvalue weighted by Gasteiger charge is 2.59. The molecular formula is C32H38N2O4S. The summed E-state index contributed by atoms with van der Waals surface area (Å²) in [5, 5.41) is 11.1. The van der Waals surface area contributed by atoms with Gasteiger partial charge in [-0.25, -0.2) is 9.10 Å². The number of methoxy groups -OCH3 is 1. The molecule has 0 radical (unpaired) electrons. The molecule has 3 heterocycles. The summed E-state index contributed by atoms with van der Waals surface area (Å²) >= 11 is 2.02. The Morgan fingerprint density at radius 2 is 1.85 bits per heavy atom. The van der Waals surface area contributed by atoms with E-state index in [-0.39, 0.29) is 17.0 Å². The molecule has 4 atom stereocenters. The molecule has 1 N–H and O–H groups in total. The number of ether oxygens (including phenoxy) is 2.